The second-order valence-corrected chi connectivity index (χ2v) is 10.6. The molecule has 1 amide bonds. The zero-order valence-corrected chi connectivity index (χ0v) is 21.2. The number of hydrogen-bond acceptors (Lipinski definition) is 5. The number of piperazine rings is 1. The Morgan fingerprint density at radius 2 is 1.63 bits per heavy atom. The molecule has 0 aliphatic carbocycles. The van der Waals surface area contributed by atoms with E-state index < -0.39 is 6.29 Å². The standard InChI is InChI=1S/C29H38N2O4/c1-29(2,3)25-17-26(35-27(18-25)34-21-24-11-9-23(20-32)10-12-24)28(33)31-15-13-30(14-16-31)19-22-7-5-4-6-8-22/h4-12,17,25,27,32H,13-16,18-21H2,1-3H3/t25-,27+/m1/s1. The van der Waals surface area contributed by atoms with E-state index in [1.165, 1.54) is 5.56 Å². The third-order valence-corrected chi connectivity index (χ3v) is 6.93. The average Bonchev–Trinajstić information content (AvgIpc) is 2.88. The van der Waals surface area contributed by atoms with E-state index in [1.807, 2.05) is 41.3 Å². The first-order valence-electron chi connectivity index (χ1n) is 12.6. The van der Waals surface area contributed by atoms with Crippen molar-refractivity contribution in [1.29, 1.82) is 0 Å². The molecule has 188 valence electrons. The van der Waals surface area contributed by atoms with Gasteiger partial charge in [0, 0.05) is 39.1 Å². The van der Waals surface area contributed by atoms with Crippen LogP contribution in [0.15, 0.2) is 66.4 Å². The minimum atomic E-state index is -0.472. The molecule has 0 unspecified atom stereocenters. The molecule has 2 aliphatic rings. The molecular weight excluding hydrogens is 440 g/mol. The molecule has 1 saturated heterocycles. The van der Waals surface area contributed by atoms with Crippen molar-refractivity contribution in [1.82, 2.24) is 9.80 Å². The Hall–Kier alpha value is -2.67. The number of aliphatic hydroxyl groups excluding tert-OH is 1. The van der Waals surface area contributed by atoms with Gasteiger partial charge in [-0.15, -0.1) is 0 Å². The molecule has 0 radical (unpaired) electrons. The minimum absolute atomic E-state index is 0.00588. The van der Waals surface area contributed by atoms with Crippen LogP contribution in [-0.4, -0.2) is 53.3 Å². The molecule has 6 heteroatoms. The van der Waals surface area contributed by atoms with Crippen molar-refractivity contribution in [2.24, 2.45) is 11.3 Å². The Bertz CT molecular complexity index is 990. The molecule has 0 spiro atoms. The minimum Gasteiger partial charge on any atom is -0.459 e. The van der Waals surface area contributed by atoms with Crippen LogP contribution >= 0.6 is 0 Å². The Morgan fingerprint density at radius 1 is 0.971 bits per heavy atom. The summed E-state index contributed by atoms with van der Waals surface area (Å²) in [5.74, 6) is 0.545. The summed E-state index contributed by atoms with van der Waals surface area (Å²) >= 11 is 0. The van der Waals surface area contributed by atoms with Crippen molar-refractivity contribution in [2.75, 3.05) is 26.2 Å². The Kier molecular flexibility index (Phi) is 8.26. The quantitative estimate of drug-likeness (QED) is 0.642. The fraction of sp³-hybridized carbons (Fsp3) is 0.483. The molecule has 2 aromatic carbocycles. The number of rotatable bonds is 7. The molecule has 1 fully saturated rings. The summed E-state index contributed by atoms with van der Waals surface area (Å²) in [6.07, 6.45) is 2.24. The van der Waals surface area contributed by atoms with Crippen LogP contribution in [0.2, 0.25) is 0 Å². The lowest BCUT2D eigenvalue weighted by molar-refractivity contribution is -0.162. The SMILES string of the molecule is CC(C)(C)[C@@H]1C=C(C(=O)N2CCN(Cc3ccccc3)CC2)O[C@H](OCc2ccc(CO)cc2)C1. The summed E-state index contributed by atoms with van der Waals surface area (Å²) in [6, 6.07) is 18.1. The Morgan fingerprint density at radius 3 is 2.26 bits per heavy atom. The van der Waals surface area contributed by atoms with Gasteiger partial charge in [0.15, 0.2) is 5.76 Å². The summed E-state index contributed by atoms with van der Waals surface area (Å²) in [6.45, 7) is 11.0. The first-order chi connectivity index (χ1) is 16.8. The van der Waals surface area contributed by atoms with Gasteiger partial charge in [-0.2, -0.15) is 0 Å². The zero-order valence-electron chi connectivity index (χ0n) is 21.2. The summed E-state index contributed by atoms with van der Waals surface area (Å²) in [4.78, 5) is 17.7. The number of hydrogen-bond donors (Lipinski definition) is 1. The van der Waals surface area contributed by atoms with E-state index in [1.54, 1.807) is 0 Å². The van der Waals surface area contributed by atoms with Gasteiger partial charge in [0.1, 0.15) is 0 Å². The van der Waals surface area contributed by atoms with E-state index in [4.69, 9.17) is 9.47 Å². The smallest absolute Gasteiger partial charge is 0.288 e. The third kappa shape index (κ3) is 6.94. The van der Waals surface area contributed by atoms with Crippen molar-refractivity contribution in [3.05, 3.63) is 83.1 Å². The van der Waals surface area contributed by atoms with Crippen LogP contribution in [0.1, 0.15) is 43.9 Å². The van der Waals surface area contributed by atoms with Crippen molar-refractivity contribution in [2.45, 2.75) is 53.2 Å². The number of aliphatic hydroxyl groups is 1. The summed E-state index contributed by atoms with van der Waals surface area (Å²) in [7, 11) is 0. The van der Waals surface area contributed by atoms with Gasteiger partial charge in [-0.1, -0.05) is 75.4 Å². The summed E-state index contributed by atoms with van der Waals surface area (Å²) in [5, 5.41) is 9.24. The maximum absolute atomic E-state index is 13.4. The predicted octanol–water partition coefficient (Wildman–Crippen LogP) is 4.33. The zero-order chi connectivity index (χ0) is 24.8. The highest BCUT2D eigenvalue weighted by Crippen LogP contribution is 2.37. The maximum atomic E-state index is 13.4. The maximum Gasteiger partial charge on any atom is 0.288 e. The van der Waals surface area contributed by atoms with Crippen molar-refractivity contribution < 1.29 is 19.4 Å². The summed E-state index contributed by atoms with van der Waals surface area (Å²) in [5.41, 5.74) is 3.17. The lowest BCUT2D eigenvalue weighted by Crippen LogP contribution is -2.49. The second kappa shape index (κ2) is 11.4. The van der Waals surface area contributed by atoms with E-state index >= 15 is 0 Å². The van der Waals surface area contributed by atoms with E-state index in [2.05, 4.69) is 49.9 Å². The van der Waals surface area contributed by atoms with Gasteiger partial charge in [-0.3, -0.25) is 9.69 Å². The third-order valence-electron chi connectivity index (χ3n) is 6.93. The molecule has 2 heterocycles. The lowest BCUT2D eigenvalue weighted by Gasteiger charge is -2.39. The molecule has 0 bridgehead atoms. The van der Waals surface area contributed by atoms with Gasteiger partial charge in [-0.05, 0) is 34.1 Å². The number of amides is 1. The number of carbonyl (C=O) groups excluding carboxylic acids is 1. The largest absolute Gasteiger partial charge is 0.459 e. The van der Waals surface area contributed by atoms with E-state index in [9.17, 15) is 9.90 Å². The number of ether oxygens (including phenoxy) is 2. The monoisotopic (exact) mass is 478 g/mol. The highest BCUT2D eigenvalue weighted by atomic mass is 16.7. The van der Waals surface area contributed by atoms with E-state index in [0.717, 1.165) is 30.8 Å². The number of allylic oxidation sites excluding steroid dienone is 1. The van der Waals surface area contributed by atoms with Crippen LogP contribution < -0.4 is 0 Å². The molecule has 2 aromatic rings. The fourth-order valence-corrected chi connectivity index (χ4v) is 4.55. The summed E-state index contributed by atoms with van der Waals surface area (Å²) < 4.78 is 12.2. The molecule has 4 rings (SSSR count). The van der Waals surface area contributed by atoms with Crippen molar-refractivity contribution in [3.8, 4) is 0 Å². The highest BCUT2D eigenvalue weighted by Gasteiger charge is 2.36. The van der Waals surface area contributed by atoms with Gasteiger partial charge < -0.3 is 19.5 Å². The fourth-order valence-electron chi connectivity index (χ4n) is 4.55. The molecule has 0 saturated carbocycles. The lowest BCUT2D eigenvalue weighted by atomic mass is 9.77. The molecule has 1 N–H and O–H groups in total. The van der Waals surface area contributed by atoms with E-state index in [-0.39, 0.29) is 23.8 Å². The molecule has 0 aromatic heterocycles. The molecule has 6 nitrogen and oxygen atoms in total. The second-order valence-electron chi connectivity index (χ2n) is 10.6. The predicted molar refractivity (Wildman–Crippen MR) is 136 cm³/mol. The number of carbonyl (C=O) groups is 1. The molecule has 35 heavy (non-hydrogen) atoms. The normalized spacial score (nSPS) is 21.4. The number of nitrogens with zero attached hydrogens (tertiary/aromatic N) is 2. The topological polar surface area (TPSA) is 62.2 Å². The first kappa shape index (κ1) is 25.4. The van der Waals surface area contributed by atoms with Gasteiger partial charge in [0.25, 0.3) is 5.91 Å². The van der Waals surface area contributed by atoms with Gasteiger partial charge in [-0.25, -0.2) is 0 Å². The molecular formula is C29H38N2O4. The van der Waals surface area contributed by atoms with Crippen LogP contribution in [-0.2, 0) is 34.0 Å². The Balaban J connectivity index is 1.36. The van der Waals surface area contributed by atoms with Crippen molar-refractivity contribution in [3.63, 3.8) is 0 Å². The van der Waals surface area contributed by atoms with E-state index in [0.29, 0.717) is 31.9 Å². The number of benzene rings is 2. The van der Waals surface area contributed by atoms with Crippen LogP contribution in [0.3, 0.4) is 0 Å². The van der Waals surface area contributed by atoms with Gasteiger partial charge in [0.2, 0.25) is 6.29 Å². The van der Waals surface area contributed by atoms with Crippen LogP contribution in [0.4, 0.5) is 0 Å². The van der Waals surface area contributed by atoms with Crippen LogP contribution in [0.5, 0.6) is 0 Å². The van der Waals surface area contributed by atoms with Crippen molar-refractivity contribution >= 4 is 5.91 Å². The Labute approximate surface area is 209 Å². The van der Waals surface area contributed by atoms with Gasteiger partial charge in [0.05, 0.1) is 13.2 Å². The molecule has 2 atom stereocenters. The highest BCUT2D eigenvalue weighted by molar-refractivity contribution is 5.91. The van der Waals surface area contributed by atoms with Gasteiger partial charge >= 0.3 is 0 Å². The molecule has 2 aliphatic heterocycles. The first-order valence-corrected chi connectivity index (χ1v) is 12.6. The van der Waals surface area contributed by atoms with Crippen LogP contribution in [0.25, 0.3) is 0 Å². The average molecular weight is 479 g/mol. The van der Waals surface area contributed by atoms with Crippen LogP contribution in [0, 0.1) is 11.3 Å².